The molecule has 0 amide bonds. The van der Waals surface area contributed by atoms with Gasteiger partial charge < -0.3 is 5.73 Å². The highest BCUT2D eigenvalue weighted by Gasteiger charge is 1.94. The van der Waals surface area contributed by atoms with E-state index in [-0.39, 0.29) is 0 Å². The summed E-state index contributed by atoms with van der Waals surface area (Å²) >= 11 is 7.22. The standard InChI is InChI=1S/C14H10ClNS/c15-12-7-5-11(6-8-12)9-10-17-14-4-2-1-3-13(14)16/h1-8H,16H2. The molecule has 1 nitrogen and oxygen atoms in total. The molecule has 0 spiro atoms. The van der Waals surface area contributed by atoms with Gasteiger partial charge in [0.25, 0.3) is 0 Å². The summed E-state index contributed by atoms with van der Waals surface area (Å²) < 4.78 is 0. The van der Waals surface area contributed by atoms with E-state index in [9.17, 15) is 0 Å². The molecule has 0 aromatic heterocycles. The van der Waals surface area contributed by atoms with Crippen molar-refractivity contribution in [2.45, 2.75) is 4.90 Å². The van der Waals surface area contributed by atoms with Crippen LogP contribution in [-0.2, 0) is 0 Å². The number of anilines is 1. The van der Waals surface area contributed by atoms with Crippen LogP contribution >= 0.6 is 23.4 Å². The Balaban J connectivity index is 2.09. The monoisotopic (exact) mass is 259 g/mol. The molecule has 2 aromatic rings. The van der Waals surface area contributed by atoms with Crippen molar-refractivity contribution >= 4 is 29.1 Å². The first kappa shape index (κ1) is 11.9. The Morgan fingerprint density at radius 3 is 2.41 bits per heavy atom. The van der Waals surface area contributed by atoms with Crippen molar-refractivity contribution < 1.29 is 0 Å². The van der Waals surface area contributed by atoms with Crippen molar-refractivity contribution in [2.75, 3.05) is 5.73 Å². The van der Waals surface area contributed by atoms with Crippen molar-refractivity contribution in [3.05, 3.63) is 59.1 Å². The molecule has 0 saturated carbocycles. The average molecular weight is 260 g/mol. The number of nitrogen functional groups attached to an aromatic ring is 1. The molecule has 84 valence electrons. The van der Waals surface area contributed by atoms with Crippen LogP contribution in [0.2, 0.25) is 5.02 Å². The molecule has 0 aliphatic heterocycles. The minimum absolute atomic E-state index is 0.718. The predicted octanol–water partition coefficient (Wildman–Crippen LogP) is 4.02. The van der Waals surface area contributed by atoms with E-state index in [0.717, 1.165) is 21.2 Å². The normalized spacial score (nSPS) is 9.47. The van der Waals surface area contributed by atoms with Gasteiger partial charge >= 0.3 is 0 Å². The maximum atomic E-state index is 5.81. The van der Waals surface area contributed by atoms with Gasteiger partial charge in [0.05, 0.1) is 0 Å². The molecule has 0 bridgehead atoms. The van der Waals surface area contributed by atoms with Gasteiger partial charge in [-0.3, -0.25) is 0 Å². The number of halogens is 1. The van der Waals surface area contributed by atoms with E-state index in [1.807, 2.05) is 48.5 Å². The van der Waals surface area contributed by atoms with Crippen molar-refractivity contribution in [3.8, 4) is 11.2 Å². The first-order chi connectivity index (χ1) is 8.25. The van der Waals surface area contributed by atoms with Gasteiger partial charge in [-0.05, 0) is 53.4 Å². The third kappa shape index (κ3) is 3.45. The highest BCUT2D eigenvalue weighted by atomic mass is 35.5. The van der Waals surface area contributed by atoms with E-state index >= 15 is 0 Å². The maximum Gasteiger partial charge on any atom is 0.0462 e. The predicted molar refractivity (Wildman–Crippen MR) is 75.0 cm³/mol. The largest absolute Gasteiger partial charge is 0.398 e. The first-order valence-electron chi connectivity index (χ1n) is 5.03. The highest BCUT2D eigenvalue weighted by molar-refractivity contribution is 8.04. The number of hydrogen-bond acceptors (Lipinski definition) is 2. The van der Waals surface area contributed by atoms with Gasteiger partial charge in [0.15, 0.2) is 0 Å². The molecule has 0 heterocycles. The van der Waals surface area contributed by atoms with E-state index in [4.69, 9.17) is 17.3 Å². The van der Waals surface area contributed by atoms with Gasteiger partial charge in [-0.1, -0.05) is 29.7 Å². The van der Waals surface area contributed by atoms with Gasteiger partial charge in [-0.2, -0.15) is 0 Å². The molecule has 0 aliphatic rings. The SMILES string of the molecule is Nc1ccccc1SC#Cc1ccc(Cl)cc1. The first-order valence-corrected chi connectivity index (χ1v) is 6.23. The molecule has 0 radical (unpaired) electrons. The molecule has 0 unspecified atom stereocenters. The molecule has 3 heteroatoms. The third-order valence-corrected chi connectivity index (χ3v) is 3.17. The van der Waals surface area contributed by atoms with Crippen LogP contribution in [0, 0.1) is 11.2 Å². The summed E-state index contributed by atoms with van der Waals surface area (Å²) in [6.45, 7) is 0. The quantitative estimate of drug-likeness (QED) is 0.476. The van der Waals surface area contributed by atoms with Crippen LogP contribution in [0.25, 0.3) is 0 Å². The Kier molecular flexibility index (Phi) is 3.98. The summed E-state index contributed by atoms with van der Waals surface area (Å²) in [6, 6.07) is 15.1. The van der Waals surface area contributed by atoms with Crippen LogP contribution < -0.4 is 5.73 Å². The molecule has 0 fully saturated rings. The Morgan fingerprint density at radius 1 is 1.00 bits per heavy atom. The van der Waals surface area contributed by atoms with E-state index in [2.05, 4.69) is 11.2 Å². The van der Waals surface area contributed by atoms with Crippen LogP contribution in [0.15, 0.2) is 53.4 Å². The smallest absolute Gasteiger partial charge is 0.0462 e. The molecular formula is C14H10ClNS. The summed E-state index contributed by atoms with van der Waals surface area (Å²) in [5.41, 5.74) is 7.51. The fraction of sp³-hybridized carbons (Fsp3) is 0. The van der Waals surface area contributed by atoms with Gasteiger partial charge in [0.2, 0.25) is 0 Å². The summed E-state index contributed by atoms with van der Waals surface area (Å²) in [7, 11) is 0. The number of thioether (sulfide) groups is 1. The van der Waals surface area contributed by atoms with E-state index in [1.54, 1.807) is 0 Å². The van der Waals surface area contributed by atoms with Gasteiger partial charge in [0.1, 0.15) is 0 Å². The lowest BCUT2D eigenvalue weighted by Gasteiger charge is -1.97. The van der Waals surface area contributed by atoms with Crippen LogP contribution in [0.1, 0.15) is 5.56 Å². The molecule has 0 atom stereocenters. The van der Waals surface area contributed by atoms with Gasteiger partial charge in [-0.25, -0.2) is 0 Å². The third-order valence-electron chi connectivity index (χ3n) is 2.12. The summed E-state index contributed by atoms with van der Waals surface area (Å²) in [5, 5.41) is 3.74. The summed E-state index contributed by atoms with van der Waals surface area (Å²) in [5.74, 6) is 3.05. The second kappa shape index (κ2) is 5.67. The van der Waals surface area contributed by atoms with Crippen LogP contribution in [-0.4, -0.2) is 0 Å². The fourth-order valence-electron chi connectivity index (χ4n) is 1.25. The van der Waals surface area contributed by atoms with Gasteiger partial charge in [-0.15, -0.1) is 0 Å². The zero-order valence-electron chi connectivity index (χ0n) is 8.98. The molecule has 17 heavy (non-hydrogen) atoms. The number of benzene rings is 2. The molecular weight excluding hydrogens is 250 g/mol. The second-order valence-electron chi connectivity index (χ2n) is 3.37. The lowest BCUT2D eigenvalue weighted by atomic mass is 10.2. The second-order valence-corrected chi connectivity index (χ2v) is 4.66. The molecule has 0 saturated heterocycles. The molecule has 2 N–H and O–H groups in total. The van der Waals surface area contributed by atoms with Crippen molar-refractivity contribution in [3.63, 3.8) is 0 Å². The Bertz CT molecular complexity index is 567. The summed E-state index contributed by atoms with van der Waals surface area (Å²) in [4.78, 5) is 0.981. The maximum absolute atomic E-state index is 5.81. The number of para-hydroxylation sites is 1. The average Bonchev–Trinajstić information content (AvgIpc) is 2.34. The Labute approximate surface area is 110 Å². The lowest BCUT2D eigenvalue weighted by molar-refractivity contribution is 1.47. The van der Waals surface area contributed by atoms with Crippen LogP contribution in [0.4, 0.5) is 5.69 Å². The zero-order chi connectivity index (χ0) is 12.1. The number of rotatable bonds is 1. The lowest BCUT2D eigenvalue weighted by Crippen LogP contribution is -1.85. The summed E-state index contributed by atoms with van der Waals surface area (Å²) in [6.07, 6.45) is 0. The minimum Gasteiger partial charge on any atom is -0.398 e. The Hall–Kier alpha value is -1.56. The van der Waals surface area contributed by atoms with Crippen LogP contribution in [0.3, 0.4) is 0 Å². The van der Waals surface area contributed by atoms with E-state index < -0.39 is 0 Å². The van der Waals surface area contributed by atoms with E-state index in [1.165, 1.54) is 11.8 Å². The molecule has 0 aliphatic carbocycles. The number of hydrogen-bond donors (Lipinski definition) is 1. The topological polar surface area (TPSA) is 26.0 Å². The van der Waals surface area contributed by atoms with Crippen molar-refractivity contribution in [1.82, 2.24) is 0 Å². The Morgan fingerprint density at radius 2 is 1.71 bits per heavy atom. The minimum atomic E-state index is 0.718. The van der Waals surface area contributed by atoms with Crippen molar-refractivity contribution in [2.24, 2.45) is 0 Å². The molecule has 2 aromatic carbocycles. The van der Waals surface area contributed by atoms with Gasteiger partial charge in [0, 0.05) is 21.2 Å². The molecule has 2 rings (SSSR count). The number of nitrogens with two attached hydrogens (primary N) is 1. The fourth-order valence-corrected chi connectivity index (χ4v) is 1.98. The van der Waals surface area contributed by atoms with Crippen LogP contribution in [0.5, 0.6) is 0 Å². The van der Waals surface area contributed by atoms with Crippen molar-refractivity contribution in [1.29, 1.82) is 0 Å². The van der Waals surface area contributed by atoms with E-state index in [0.29, 0.717) is 0 Å². The highest BCUT2D eigenvalue weighted by Crippen LogP contribution is 2.23. The zero-order valence-corrected chi connectivity index (χ0v) is 10.6.